The van der Waals surface area contributed by atoms with Crippen LogP contribution in [0.3, 0.4) is 0 Å². The van der Waals surface area contributed by atoms with E-state index >= 15 is 0 Å². The first kappa shape index (κ1) is 23.6. The number of nitrogens with two attached hydrogens (primary N) is 1. The van der Waals surface area contributed by atoms with Crippen LogP contribution >= 0.6 is 0 Å². The quantitative estimate of drug-likeness (QED) is 0.329. The summed E-state index contributed by atoms with van der Waals surface area (Å²) in [6.07, 6.45) is -0.423. The second-order valence-corrected chi connectivity index (χ2v) is 7.60. The lowest BCUT2D eigenvalue weighted by Gasteiger charge is -2.10. The Hall–Kier alpha value is -4.60. The van der Waals surface area contributed by atoms with Crippen LogP contribution in [0.1, 0.15) is 27.2 Å². The fourth-order valence-electron chi connectivity index (χ4n) is 3.40. The molecule has 178 valence electrons. The minimum absolute atomic E-state index is 0.0221. The average molecular weight is 481 g/mol. The first-order valence-corrected chi connectivity index (χ1v) is 10.2. The minimum atomic E-state index is -4.69. The van der Waals surface area contributed by atoms with E-state index < -0.39 is 23.6 Å². The van der Waals surface area contributed by atoms with Gasteiger partial charge in [-0.2, -0.15) is 13.2 Å². The molecule has 0 spiro atoms. The van der Waals surface area contributed by atoms with Crippen LogP contribution in [0.2, 0.25) is 0 Å². The number of furan rings is 1. The fourth-order valence-corrected chi connectivity index (χ4v) is 3.40. The zero-order valence-electron chi connectivity index (χ0n) is 18.0. The van der Waals surface area contributed by atoms with Crippen molar-refractivity contribution in [3.63, 3.8) is 0 Å². The molecule has 1 amide bonds. The second-order valence-electron chi connectivity index (χ2n) is 7.60. The molecule has 2 aromatic heterocycles. The summed E-state index contributed by atoms with van der Waals surface area (Å²) in [5.41, 5.74) is 5.52. The number of carboxylic acids is 1. The molecule has 0 saturated carbocycles. The Kier molecular flexibility index (Phi) is 6.28. The van der Waals surface area contributed by atoms with Gasteiger partial charge in [0.05, 0.1) is 17.7 Å². The van der Waals surface area contributed by atoms with Crippen LogP contribution in [0.5, 0.6) is 0 Å². The van der Waals surface area contributed by atoms with Gasteiger partial charge in [-0.3, -0.25) is 4.79 Å². The maximum Gasteiger partial charge on any atom is 0.420 e. The van der Waals surface area contributed by atoms with Crippen molar-refractivity contribution in [2.24, 2.45) is 0 Å². The summed E-state index contributed by atoms with van der Waals surface area (Å²) in [7, 11) is 0. The number of nitrogens with zero attached hydrogens (tertiary/aromatic N) is 1. The smallest absolute Gasteiger partial charge is 0.420 e. The SMILES string of the molecule is Nc1ccc(/C=C/C(=O)NCc2cc3cc(-c4ccc(C(=O)O)cc4)cc(C(F)(F)F)c3o2)cn1. The molecule has 0 fully saturated rings. The summed E-state index contributed by atoms with van der Waals surface area (Å²) in [6.45, 7) is -0.127. The fraction of sp³-hybridized carbons (Fsp3) is 0.0800. The normalized spacial score (nSPS) is 11.7. The van der Waals surface area contributed by atoms with E-state index in [2.05, 4.69) is 10.3 Å². The molecular formula is C25H18F3N3O4. The molecule has 0 aliphatic carbocycles. The molecular weight excluding hydrogens is 463 g/mol. The van der Waals surface area contributed by atoms with Gasteiger partial charge in [0.15, 0.2) is 0 Å². The van der Waals surface area contributed by atoms with Gasteiger partial charge < -0.3 is 20.6 Å². The summed E-state index contributed by atoms with van der Waals surface area (Å²) in [4.78, 5) is 27.1. The summed E-state index contributed by atoms with van der Waals surface area (Å²) < 4.78 is 46.7. The van der Waals surface area contributed by atoms with Crippen LogP contribution in [0.25, 0.3) is 28.2 Å². The summed E-state index contributed by atoms with van der Waals surface area (Å²) >= 11 is 0. The van der Waals surface area contributed by atoms with Gasteiger partial charge in [-0.05, 0) is 65.2 Å². The molecule has 7 nitrogen and oxygen atoms in total. The van der Waals surface area contributed by atoms with Gasteiger partial charge in [-0.1, -0.05) is 12.1 Å². The van der Waals surface area contributed by atoms with Gasteiger partial charge in [-0.25, -0.2) is 9.78 Å². The van der Waals surface area contributed by atoms with Crippen molar-refractivity contribution in [1.29, 1.82) is 0 Å². The second kappa shape index (κ2) is 9.34. The molecule has 35 heavy (non-hydrogen) atoms. The minimum Gasteiger partial charge on any atom is -0.478 e. The predicted octanol–water partition coefficient (Wildman–Crippen LogP) is 5.12. The van der Waals surface area contributed by atoms with Gasteiger partial charge in [0.1, 0.15) is 17.2 Å². The molecule has 0 aliphatic rings. The van der Waals surface area contributed by atoms with E-state index in [1.165, 1.54) is 54.7 Å². The maximum atomic E-state index is 13.8. The summed E-state index contributed by atoms with van der Waals surface area (Å²) in [5.74, 6) is -1.13. The van der Waals surface area contributed by atoms with Crippen molar-refractivity contribution in [3.8, 4) is 11.1 Å². The van der Waals surface area contributed by atoms with Crippen molar-refractivity contribution < 1.29 is 32.3 Å². The van der Waals surface area contributed by atoms with E-state index in [1.54, 1.807) is 12.1 Å². The lowest BCUT2D eigenvalue weighted by molar-refractivity contribution is -0.136. The first-order chi connectivity index (χ1) is 16.6. The number of hydrogen-bond donors (Lipinski definition) is 3. The number of hydrogen-bond acceptors (Lipinski definition) is 5. The van der Waals surface area contributed by atoms with Crippen LogP contribution in [-0.2, 0) is 17.5 Å². The predicted molar refractivity (Wildman–Crippen MR) is 123 cm³/mol. The third-order valence-electron chi connectivity index (χ3n) is 5.11. The molecule has 4 N–H and O–H groups in total. The molecule has 0 unspecified atom stereocenters. The zero-order chi connectivity index (χ0) is 25.2. The van der Waals surface area contributed by atoms with Crippen molar-refractivity contribution >= 4 is 34.7 Å². The third-order valence-corrected chi connectivity index (χ3v) is 5.11. The number of nitrogen functional groups attached to an aromatic ring is 1. The summed E-state index contributed by atoms with van der Waals surface area (Å²) in [5, 5.41) is 11.8. The molecule has 0 radical (unpaired) electrons. The molecule has 2 aromatic carbocycles. The number of halogens is 3. The molecule has 4 rings (SSSR count). The Balaban J connectivity index is 1.57. The number of alkyl halides is 3. The topological polar surface area (TPSA) is 118 Å². The molecule has 10 heteroatoms. The number of pyridine rings is 1. The van der Waals surface area contributed by atoms with E-state index in [-0.39, 0.29) is 34.4 Å². The third kappa shape index (κ3) is 5.49. The largest absolute Gasteiger partial charge is 0.478 e. The average Bonchev–Trinajstić information content (AvgIpc) is 3.24. The number of carbonyl (C=O) groups is 2. The molecule has 0 saturated heterocycles. The Morgan fingerprint density at radius 2 is 1.80 bits per heavy atom. The molecule has 0 bridgehead atoms. The maximum absolute atomic E-state index is 13.8. The Morgan fingerprint density at radius 3 is 2.43 bits per heavy atom. The number of fused-ring (bicyclic) bond motifs is 1. The van der Waals surface area contributed by atoms with Crippen LogP contribution in [0.15, 0.2) is 71.3 Å². The van der Waals surface area contributed by atoms with Crippen LogP contribution in [0.4, 0.5) is 19.0 Å². The van der Waals surface area contributed by atoms with Crippen LogP contribution < -0.4 is 11.1 Å². The number of benzene rings is 2. The van der Waals surface area contributed by atoms with Gasteiger partial charge in [-0.15, -0.1) is 0 Å². The number of carbonyl (C=O) groups excluding carboxylic acids is 1. The van der Waals surface area contributed by atoms with Crippen molar-refractivity contribution in [2.75, 3.05) is 5.73 Å². The highest BCUT2D eigenvalue weighted by Crippen LogP contribution is 2.39. The van der Waals surface area contributed by atoms with E-state index in [9.17, 15) is 22.8 Å². The number of carboxylic acid groups (broad SMARTS) is 1. The highest BCUT2D eigenvalue weighted by Gasteiger charge is 2.35. The van der Waals surface area contributed by atoms with Gasteiger partial charge >= 0.3 is 12.1 Å². The van der Waals surface area contributed by atoms with E-state index in [1.807, 2.05) is 0 Å². The standard InChI is InChI=1S/C25H18F3N3O4/c26-25(27,28)20-11-17(15-3-5-16(6-4-15)24(33)34)9-18-10-19(35-23(18)20)13-31-22(32)8-2-14-1-7-21(29)30-12-14/h1-12H,13H2,(H2,29,30)(H,31,32)(H,33,34)/b8-2+. The van der Waals surface area contributed by atoms with Crippen LogP contribution in [-0.4, -0.2) is 22.0 Å². The molecule has 4 aromatic rings. The lowest BCUT2D eigenvalue weighted by atomic mass is 9.99. The number of anilines is 1. The summed E-state index contributed by atoms with van der Waals surface area (Å²) in [6, 6.07) is 12.7. The number of aromatic nitrogens is 1. The highest BCUT2D eigenvalue weighted by molar-refractivity contribution is 5.92. The molecule has 0 aliphatic heterocycles. The zero-order valence-corrected chi connectivity index (χ0v) is 18.0. The molecule has 0 atom stereocenters. The first-order valence-electron chi connectivity index (χ1n) is 10.2. The number of nitrogens with one attached hydrogen (secondary N) is 1. The lowest BCUT2D eigenvalue weighted by Crippen LogP contribution is -2.19. The Labute approximate surface area is 196 Å². The van der Waals surface area contributed by atoms with E-state index in [0.29, 0.717) is 16.9 Å². The Morgan fingerprint density at radius 1 is 1.06 bits per heavy atom. The van der Waals surface area contributed by atoms with Crippen molar-refractivity contribution in [1.82, 2.24) is 10.3 Å². The Bertz CT molecular complexity index is 1420. The van der Waals surface area contributed by atoms with Crippen molar-refractivity contribution in [3.05, 3.63) is 89.3 Å². The van der Waals surface area contributed by atoms with Gasteiger partial charge in [0, 0.05) is 17.7 Å². The van der Waals surface area contributed by atoms with Gasteiger partial charge in [0.2, 0.25) is 5.91 Å². The van der Waals surface area contributed by atoms with Crippen LogP contribution in [0, 0.1) is 0 Å². The van der Waals surface area contributed by atoms with Gasteiger partial charge in [0.25, 0.3) is 0 Å². The highest BCUT2D eigenvalue weighted by atomic mass is 19.4. The number of aromatic carboxylic acids is 1. The van der Waals surface area contributed by atoms with E-state index in [0.717, 1.165) is 6.07 Å². The van der Waals surface area contributed by atoms with E-state index in [4.69, 9.17) is 15.3 Å². The monoisotopic (exact) mass is 481 g/mol. The molecule has 2 heterocycles. The number of rotatable bonds is 6. The van der Waals surface area contributed by atoms with Crippen molar-refractivity contribution in [2.45, 2.75) is 12.7 Å². The number of amides is 1.